The predicted molar refractivity (Wildman–Crippen MR) is 111 cm³/mol. The predicted octanol–water partition coefficient (Wildman–Crippen LogP) is 2.90. The maximum absolute atomic E-state index is 13.1. The lowest BCUT2D eigenvalue weighted by Crippen LogP contribution is -2.53. The lowest BCUT2D eigenvalue weighted by Gasteiger charge is -2.45. The van der Waals surface area contributed by atoms with Crippen molar-refractivity contribution in [3.05, 3.63) is 53.6 Å². The molecule has 2 saturated heterocycles. The van der Waals surface area contributed by atoms with Gasteiger partial charge < -0.3 is 19.3 Å². The third-order valence-electron chi connectivity index (χ3n) is 6.31. The van der Waals surface area contributed by atoms with Gasteiger partial charge in [0.25, 0.3) is 5.91 Å². The summed E-state index contributed by atoms with van der Waals surface area (Å²) in [4.78, 5) is 33.8. The van der Waals surface area contributed by atoms with Gasteiger partial charge >= 0.3 is 0 Å². The second kappa shape index (κ2) is 8.34. The van der Waals surface area contributed by atoms with Gasteiger partial charge in [0, 0.05) is 37.7 Å². The molecule has 0 N–H and O–H groups in total. The Morgan fingerprint density at radius 1 is 1.03 bits per heavy atom. The number of methoxy groups -OCH3 is 2. The number of carbonyl (C=O) groups excluding carboxylic acids is 2. The van der Waals surface area contributed by atoms with Crippen LogP contribution in [0.25, 0.3) is 0 Å². The van der Waals surface area contributed by atoms with Crippen LogP contribution in [0.1, 0.15) is 41.6 Å². The normalized spacial score (nSPS) is 18.0. The molecule has 0 saturated carbocycles. The van der Waals surface area contributed by atoms with E-state index in [1.165, 1.54) is 14.2 Å². The van der Waals surface area contributed by atoms with E-state index in [1.807, 2.05) is 28.0 Å². The van der Waals surface area contributed by atoms with Crippen LogP contribution in [-0.4, -0.2) is 59.4 Å². The van der Waals surface area contributed by atoms with Crippen LogP contribution in [0.2, 0.25) is 0 Å². The van der Waals surface area contributed by atoms with Crippen LogP contribution in [0.5, 0.6) is 11.8 Å². The van der Waals surface area contributed by atoms with E-state index >= 15 is 0 Å². The molecule has 2 aromatic rings. The molecule has 2 aliphatic rings. The molecule has 0 unspecified atom stereocenters. The van der Waals surface area contributed by atoms with E-state index in [1.54, 1.807) is 12.1 Å². The summed E-state index contributed by atoms with van der Waals surface area (Å²) >= 11 is 0. The fourth-order valence-electron chi connectivity index (χ4n) is 4.57. The SMILES string of the molecule is COc1ccc(C(=O)N2CCC3(CCC(=O)N3Cc3ccccc3)CC2)c(OC)n1. The Morgan fingerprint density at radius 2 is 1.77 bits per heavy atom. The molecule has 1 spiro atoms. The highest BCUT2D eigenvalue weighted by atomic mass is 16.5. The van der Waals surface area contributed by atoms with Crippen LogP contribution in [0.3, 0.4) is 0 Å². The number of hydrogen-bond donors (Lipinski definition) is 0. The maximum atomic E-state index is 13.1. The van der Waals surface area contributed by atoms with Crippen LogP contribution >= 0.6 is 0 Å². The molecule has 3 heterocycles. The molecule has 1 aromatic carbocycles. The molecule has 158 valence electrons. The van der Waals surface area contributed by atoms with Gasteiger partial charge in [-0.1, -0.05) is 30.3 Å². The minimum absolute atomic E-state index is 0.101. The molecule has 2 aliphatic heterocycles. The van der Waals surface area contributed by atoms with Gasteiger partial charge in [-0.05, 0) is 30.9 Å². The Morgan fingerprint density at radius 3 is 2.43 bits per heavy atom. The average molecular weight is 409 g/mol. The summed E-state index contributed by atoms with van der Waals surface area (Å²) in [5, 5.41) is 0. The first-order valence-corrected chi connectivity index (χ1v) is 10.3. The quantitative estimate of drug-likeness (QED) is 0.759. The highest BCUT2D eigenvalue weighted by Crippen LogP contribution is 2.40. The van der Waals surface area contributed by atoms with Crippen molar-refractivity contribution in [3.63, 3.8) is 0 Å². The molecule has 0 atom stereocenters. The molecular weight excluding hydrogens is 382 g/mol. The summed E-state index contributed by atoms with van der Waals surface area (Å²) in [5.41, 5.74) is 1.41. The summed E-state index contributed by atoms with van der Waals surface area (Å²) in [5.74, 6) is 0.777. The zero-order valence-electron chi connectivity index (χ0n) is 17.5. The number of benzene rings is 1. The first-order chi connectivity index (χ1) is 14.6. The summed E-state index contributed by atoms with van der Waals surface area (Å²) in [6, 6.07) is 13.5. The van der Waals surface area contributed by atoms with Crippen LogP contribution in [-0.2, 0) is 11.3 Å². The van der Waals surface area contributed by atoms with Crippen molar-refractivity contribution >= 4 is 11.8 Å². The lowest BCUT2D eigenvalue weighted by molar-refractivity contribution is -0.133. The van der Waals surface area contributed by atoms with Gasteiger partial charge in [0.05, 0.1) is 14.2 Å². The second-order valence-corrected chi connectivity index (χ2v) is 7.89. The summed E-state index contributed by atoms with van der Waals surface area (Å²) in [6.45, 7) is 1.84. The van der Waals surface area contributed by atoms with E-state index in [-0.39, 0.29) is 23.2 Å². The smallest absolute Gasteiger partial charge is 0.259 e. The van der Waals surface area contributed by atoms with E-state index in [0.29, 0.717) is 37.5 Å². The topological polar surface area (TPSA) is 72.0 Å². The van der Waals surface area contributed by atoms with Crippen molar-refractivity contribution in [1.82, 2.24) is 14.8 Å². The van der Waals surface area contributed by atoms with E-state index in [2.05, 4.69) is 17.1 Å². The maximum Gasteiger partial charge on any atom is 0.259 e. The van der Waals surface area contributed by atoms with Crippen molar-refractivity contribution in [2.45, 2.75) is 37.8 Å². The number of aromatic nitrogens is 1. The van der Waals surface area contributed by atoms with Crippen molar-refractivity contribution in [2.75, 3.05) is 27.3 Å². The van der Waals surface area contributed by atoms with Gasteiger partial charge in [0.15, 0.2) is 0 Å². The summed E-state index contributed by atoms with van der Waals surface area (Å²) in [7, 11) is 3.02. The molecule has 7 heteroatoms. The molecule has 30 heavy (non-hydrogen) atoms. The lowest BCUT2D eigenvalue weighted by atomic mass is 9.84. The summed E-state index contributed by atoms with van der Waals surface area (Å²) in [6.07, 6.45) is 3.00. The van der Waals surface area contributed by atoms with E-state index in [9.17, 15) is 9.59 Å². The largest absolute Gasteiger partial charge is 0.481 e. The van der Waals surface area contributed by atoms with Gasteiger partial charge in [-0.3, -0.25) is 9.59 Å². The highest BCUT2D eigenvalue weighted by Gasteiger charge is 2.47. The fourth-order valence-corrected chi connectivity index (χ4v) is 4.57. The number of carbonyl (C=O) groups is 2. The Balaban J connectivity index is 1.47. The molecule has 4 rings (SSSR count). The zero-order chi connectivity index (χ0) is 21.1. The van der Waals surface area contributed by atoms with Crippen molar-refractivity contribution < 1.29 is 19.1 Å². The number of ether oxygens (including phenoxy) is 2. The molecule has 0 radical (unpaired) electrons. The third-order valence-corrected chi connectivity index (χ3v) is 6.31. The Bertz CT molecular complexity index is 923. The van der Waals surface area contributed by atoms with Crippen molar-refractivity contribution in [2.24, 2.45) is 0 Å². The number of hydrogen-bond acceptors (Lipinski definition) is 5. The first-order valence-electron chi connectivity index (χ1n) is 10.3. The van der Waals surface area contributed by atoms with Gasteiger partial charge in [-0.2, -0.15) is 4.98 Å². The third kappa shape index (κ3) is 3.72. The Kier molecular flexibility index (Phi) is 5.61. The molecule has 1 aromatic heterocycles. The van der Waals surface area contributed by atoms with Crippen molar-refractivity contribution in [3.8, 4) is 11.8 Å². The molecule has 2 amide bonds. The molecule has 2 fully saturated rings. The van der Waals surface area contributed by atoms with Crippen LogP contribution < -0.4 is 9.47 Å². The van der Waals surface area contributed by atoms with Crippen LogP contribution in [0.4, 0.5) is 0 Å². The van der Waals surface area contributed by atoms with Crippen LogP contribution in [0.15, 0.2) is 42.5 Å². The zero-order valence-corrected chi connectivity index (χ0v) is 17.5. The number of amides is 2. The number of nitrogens with zero attached hydrogens (tertiary/aromatic N) is 3. The van der Waals surface area contributed by atoms with Gasteiger partial charge in [-0.15, -0.1) is 0 Å². The average Bonchev–Trinajstić information content (AvgIpc) is 3.09. The van der Waals surface area contributed by atoms with Crippen LogP contribution in [0, 0.1) is 0 Å². The summed E-state index contributed by atoms with van der Waals surface area (Å²) < 4.78 is 10.4. The fraction of sp³-hybridized carbons (Fsp3) is 0.435. The Labute approximate surface area is 176 Å². The van der Waals surface area contributed by atoms with Gasteiger partial charge in [0.1, 0.15) is 5.56 Å². The first kappa shape index (κ1) is 20.2. The Hall–Kier alpha value is -3.09. The van der Waals surface area contributed by atoms with E-state index in [4.69, 9.17) is 9.47 Å². The molecule has 0 aliphatic carbocycles. The number of likely N-dealkylation sites (tertiary alicyclic amines) is 2. The van der Waals surface area contributed by atoms with E-state index in [0.717, 1.165) is 24.8 Å². The monoisotopic (exact) mass is 409 g/mol. The highest BCUT2D eigenvalue weighted by molar-refractivity contribution is 5.96. The minimum atomic E-state index is -0.161. The number of rotatable bonds is 5. The molecular formula is C23H27N3O4. The minimum Gasteiger partial charge on any atom is -0.481 e. The second-order valence-electron chi connectivity index (χ2n) is 7.89. The number of piperidine rings is 1. The number of pyridine rings is 1. The molecule has 0 bridgehead atoms. The van der Waals surface area contributed by atoms with Gasteiger partial charge in [-0.25, -0.2) is 0 Å². The van der Waals surface area contributed by atoms with Gasteiger partial charge in [0.2, 0.25) is 17.7 Å². The van der Waals surface area contributed by atoms with Crippen molar-refractivity contribution in [1.29, 1.82) is 0 Å². The molecule has 7 nitrogen and oxygen atoms in total. The van der Waals surface area contributed by atoms with E-state index < -0.39 is 0 Å². The standard InChI is InChI=1S/C23H27N3O4/c1-29-19-9-8-18(21(24-19)30-2)22(28)25-14-12-23(13-15-25)11-10-20(27)26(23)16-17-6-4-3-5-7-17/h3-9H,10-16H2,1-2H3.